The van der Waals surface area contributed by atoms with Gasteiger partial charge in [0.2, 0.25) is 0 Å². The Hall–Kier alpha value is -3.65. The Kier molecular flexibility index (Phi) is 5.01. The van der Waals surface area contributed by atoms with Gasteiger partial charge in [-0.15, -0.1) is 0 Å². The van der Waals surface area contributed by atoms with Crippen molar-refractivity contribution in [3.8, 4) is 0 Å². The molecule has 29 heavy (non-hydrogen) atoms. The second kappa shape index (κ2) is 7.76. The minimum atomic E-state index is -0.489. The number of nitro groups is 1. The van der Waals surface area contributed by atoms with Gasteiger partial charge in [-0.2, -0.15) is 0 Å². The highest BCUT2D eigenvalue weighted by atomic mass is 32.1. The van der Waals surface area contributed by atoms with Gasteiger partial charge in [0, 0.05) is 30.1 Å². The smallest absolute Gasteiger partial charge is 0.269 e. The molecule has 4 rings (SSSR count). The van der Waals surface area contributed by atoms with Crippen LogP contribution in [0.25, 0.3) is 10.2 Å². The van der Waals surface area contributed by atoms with Gasteiger partial charge in [0.1, 0.15) is 0 Å². The molecule has 0 saturated heterocycles. The first-order chi connectivity index (χ1) is 14.0. The lowest BCUT2D eigenvalue weighted by molar-refractivity contribution is -0.384. The molecule has 0 aliphatic heterocycles. The van der Waals surface area contributed by atoms with Crippen molar-refractivity contribution in [3.63, 3.8) is 0 Å². The minimum Gasteiger partial charge on any atom is -0.279 e. The largest absolute Gasteiger partial charge is 0.279 e. The Morgan fingerprint density at radius 2 is 1.97 bits per heavy atom. The maximum atomic E-state index is 13.3. The zero-order valence-electron chi connectivity index (χ0n) is 15.5. The fourth-order valence-corrected chi connectivity index (χ4v) is 3.98. The van der Waals surface area contributed by atoms with Crippen molar-refractivity contribution in [1.82, 2.24) is 9.97 Å². The van der Waals surface area contributed by atoms with E-state index in [1.54, 1.807) is 17.3 Å². The SMILES string of the molecule is Cc1ccc2nc(N(Cc3cccnc3)C(=O)c3ccc([N+](=O)[O-])cc3)sc2c1. The van der Waals surface area contributed by atoms with E-state index in [0.717, 1.165) is 21.3 Å². The second-order valence-electron chi connectivity index (χ2n) is 6.52. The highest BCUT2D eigenvalue weighted by Gasteiger charge is 2.22. The van der Waals surface area contributed by atoms with Crippen molar-refractivity contribution < 1.29 is 9.72 Å². The number of pyridine rings is 1. The Morgan fingerprint density at radius 1 is 1.17 bits per heavy atom. The van der Waals surface area contributed by atoms with Crippen LogP contribution in [0.1, 0.15) is 21.5 Å². The fraction of sp³-hybridized carbons (Fsp3) is 0.0952. The van der Waals surface area contributed by atoms with Crippen LogP contribution in [0.4, 0.5) is 10.8 Å². The summed E-state index contributed by atoms with van der Waals surface area (Å²) in [5.41, 5.74) is 3.10. The normalized spacial score (nSPS) is 10.8. The molecule has 4 aromatic rings. The van der Waals surface area contributed by atoms with Gasteiger partial charge >= 0.3 is 0 Å². The molecule has 0 bridgehead atoms. The van der Waals surface area contributed by atoms with Crippen LogP contribution in [0, 0.1) is 17.0 Å². The van der Waals surface area contributed by atoms with E-state index in [1.807, 2.05) is 37.3 Å². The molecule has 2 heterocycles. The number of non-ortho nitro benzene ring substituents is 1. The summed E-state index contributed by atoms with van der Waals surface area (Å²) in [4.78, 5) is 34.0. The summed E-state index contributed by atoms with van der Waals surface area (Å²) in [6.45, 7) is 2.30. The number of carbonyl (C=O) groups excluding carboxylic acids is 1. The van der Waals surface area contributed by atoms with Gasteiger partial charge in [0.15, 0.2) is 5.13 Å². The van der Waals surface area contributed by atoms with E-state index >= 15 is 0 Å². The van der Waals surface area contributed by atoms with Crippen molar-refractivity contribution in [3.05, 3.63) is 93.8 Å². The molecule has 0 aliphatic rings. The summed E-state index contributed by atoms with van der Waals surface area (Å²) < 4.78 is 0.993. The van der Waals surface area contributed by atoms with Crippen molar-refractivity contribution >= 4 is 38.3 Å². The second-order valence-corrected chi connectivity index (χ2v) is 7.53. The van der Waals surface area contributed by atoms with Crippen molar-refractivity contribution in [2.24, 2.45) is 0 Å². The third-order valence-corrected chi connectivity index (χ3v) is 5.44. The zero-order valence-corrected chi connectivity index (χ0v) is 16.3. The third-order valence-electron chi connectivity index (χ3n) is 4.40. The summed E-state index contributed by atoms with van der Waals surface area (Å²) in [6.07, 6.45) is 3.38. The Bertz CT molecular complexity index is 1190. The van der Waals surface area contributed by atoms with E-state index in [4.69, 9.17) is 0 Å². The molecule has 2 aromatic carbocycles. The summed E-state index contributed by atoms with van der Waals surface area (Å²) in [6, 6.07) is 15.2. The molecule has 8 heteroatoms. The molecule has 7 nitrogen and oxygen atoms in total. The quantitative estimate of drug-likeness (QED) is 0.354. The monoisotopic (exact) mass is 404 g/mol. The van der Waals surface area contributed by atoms with Crippen molar-refractivity contribution in [2.45, 2.75) is 13.5 Å². The van der Waals surface area contributed by atoms with Gasteiger partial charge in [-0.1, -0.05) is 23.5 Å². The van der Waals surface area contributed by atoms with Gasteiger partial charge in [-0.05, 0) is 48.4 Å². The molecule has 0 atom stereocenters. The molecule has 1 amide bonds. The van der Waals surface area contributed by atoms with Crippen LogP contribution in [0.2, 0.25) is 0 Å². The first-order valence-corrected chi connectivity index (χ1v) is 9.65. The molecule has 2 aromatic heterocycles. The van der Waals surface area contributed by atoms with E-state index in [0.29, 0.717) is 17.2 Å². The van der Waals surface area contributed by atoms with Crippen LogP contribution in [0.15, 0.2) is 67.0 Å². The van der Waals surface area contributed by atoms with Crippen LogP contribution in [0.5, 0.6) is 0 Å². The van der Waals surface area contributed by atoms with E-state index in [9.17, 15) is 14.9 Å². The van der Waals surface area contributed by atoms with Crippen molar-refractivity contribution in [2.75, 3.05) is 4.90 Å². The topological polar surface area (TPSA) is 89.2 Å². The number of nitrogens with zero attached hydrogens (tertiary/aromatic N) is 4. The number of hydrogen-bond acceptors (Lipinski definition) is 6. The molecule has 0 N–H and O–H groups in total. The Labute approximate surface area is 170 Å². The number of thiazole rings is 1. The number of hydrogen-bond donors (Lipinski definition) is 0. The predicted octanol–water partition coefficient (Wildman–Crippen LogP) is 4.75. The average molecular weight is 404 g/mol. The number of benzene rings is 2. The Morgan fingerprint density at radius 3 is 2.66 bits per heavy atom. The lowest BCUT2D eigenvalue weighted by Crippen LogP contribution is -2.30. The number of carbonyl (C=O) groups is 1. The lowest BCUT2D eigenvalue weighted by Gasteiger charge is -2.20. The molecule has 0 spiro atoms. The van der Waals surface area contributed by atoms with E-state index in [-0.39, 0.29) is 11.6 Å². The standard InChI is InChI=1S/C21H16N4O3S/c1-14-4-9-18-19(11-14)29-21(23-18)24(13-15-3-2-10-22-12-15)20(26)16-5-7-17(8-6-16)25(27)28/h2-12H,13H2,1H3. The summed E-state index contributed by atoms with van der Waals surface area (Å²) in [5, 5.41) is 11.5. The summed E-state index contributed by atoms with van der Waals surface area (Å²) in [7, 11) is 0. The van der Waals surface area contributed by atoms with Crippen LogP contribution in [-0.2, 0) is 6.54 Å². The zero-order chi connectivity index (χ0) is 20.4. The van der Waals surface area contributed by atoms with E-state index < -0.39 is 4.92 Å². The highest BCUT2D eigenvalue weighted by molar-refractivity contribution is 7.22. The molecule has 0 radical (unpaired) electrons. The number of fused-ring (bicyclic) bond motifs is 1. The van der Waals surface area contributed by atoms with Crippen LogP contribution >= 0.6 is 11.3 Å². The first-order valence-electron chi connectivity index (χ1n) is 8.84. The molecule has 0 saturated carbocycles. The van der Waals surface area contributed by atoms with Crippen LogP contribution < -0.4 is 4.90 Å². The molecule has 0 aliphatic carbocycles. The summed E-state index contributed by atoms with van der Waals surface area (Å²) >= 11 is 1.44. The molecule has 144 valence electrons. The number of aryl methyl sites for hydroxylation is 1. The van der Waals surface area contributed by atoms with Gasteiger partial charge < -0.3 is 0 Å². The Balaban J connectivity index is 1.74. The number of anilines is 1. The number of aromatic nitrogens is 2. The lowest BCUT2D eigenvalue weighted by atomic mass is 10.1. The molecule has 0 unspecified atom stereocenters. The van der Waals surface area contributed by atoms with Gasteiger partial charge in [-0.25, -0.2) is 4.98 Å². The maximum absolute atomic E-state index is 13.3. The van der Waals surface area contributed by atoms with Gasteiger partial charge in [-0.3, -0.25) is 24.8 Å². The minimum absolute atomic E-state index is 0.0594. The summed E-state index contributed by atoms with van der Waals surface area (Å²) in [5.74, 6) is -0.278. The average Bonchev–Trinajstić information content (AvgIpc) is 3.15. The fourth-order valence-electron chi connectivity index (χ4n) is 2.92. The molecular weight excluding hydrogens is 388 g/mol. The third kappa shape index (κ3) is 3.97. The van der Waals surface area contributed by atoms with Gasteiger partial charge in [0.25, 0.3) is 11.6 Å². The predicted molar refractivity (Wildman–Crippen MR) is 112 cm³/mol. The van der Waals surface area contributed by atoms with Crippen LogP contribution in [-0.4, -0.2) is 20.8 Å². The number of amides is 1. The van der Waals surface area contributed by atoms with Gasteiger partial charge in [0.05, 0.1) is 21.7 Å². The number of nitro benzene ring substituents is 1. The first kappa shape index (κ1) is 18.7. The highest BCUT2D eigenvalue weighted by Crippen LogP contribution is 2.31. The van der Waals surface area contributed by atoms with E-state index in [2.05, 4.69) is 9.97 Å². The van der Waals surface area contributed by atoms with Crippen LogP contribution in [0.3, 0.4) is 0 Å². The number of rotatable bonds is 5. The molecule has 0 fully saturated rings. The van der Waals surface area contributed by atoms with E-state index in [1.165, 1.54) is 35.6 Å². The van der Waals surface area contributed by atoms with Crippen molar-refractivity contribution in [1.29, 1.82) is 0 Å². The maximum Gasteiger partial charge on any atom is 0.269 e. The molecular formula is C21H16N4O3S.